The van der Waals surface area contributed by atoms with E-state index < -0.39 is 5.97 Å². The Morgan fingerprint density at radius 2 is 2.27 bits per heavy atom. The fourth-order valence-electron chi connectivity index (χ4n) is 1.55. The van der Waals surface area contributed by atoms with Crippen LogP contribution in [-0.4, -0.2) is 47.8 Å². The molecule has 0 aromatic rings. The van der Waals surface area contributed by atoms with Crippen molar-refractivity contribution in [3.63, 3.8) is 0 Å². The Morgan fingerprint density at radius 3 is 2.64 bits per heavy atom. The summed E-state index contributed by atoms with van der Waals surface area (Å²) in [5, 5.41) is 17.5. The lowest BCUT2D eigenvalue weighted by Gasteiger charge is -2.09. The summed E-state index contributed by atoms with van der Waals surface area (Å²) in [7, 11) is 1.87. The number of carboxylic acids is 1. The molecule has 4 nitrogen and oxygen atoms in total. The van der Waals surface area contributed by atoms with Crippen molar-refractivity contribution in [2.45, 2.75) is 0 Å². The standard InChI is InChI=1S/C7H13NO3/c1-8-2-5(4-9)6(3-8)7(10)11/h5-6,9H,2-4H2,1H3,(H,10,11)/t5-,6+/m0/s1. The molecule has 64 valence electrons. The van der Waals surface area contributed by atoms with Gasteiger partial charge >= 0.3 is 5.97 Å². The number of likely N-dealkylation sites (tertiary alicyclic amines) is 1. The van der Waals surface area contributed by atoms with Gasteiger partial charge in [0.2, 0.25) is 0 Å². The lowest BCUT2D eigenvalue weighted by molar-refractivity contribution is -0.142. The molecular weight excluding hydrogens is 146 g/mol. The molecule has 1 aliphatic rings. The highest BCUT2D eigenvalue weighted by molar-refractivity contribution is 5.71. The minimum Gasteiger partial charge on any atom is -0.481 e. The van der Waals surface area contributed by atoms with E-state index >= 15 is 0 Å². The first-order chi connectivity index (χ1) is 5.15. The predicted octanol–water partition coefficient (Wildman–Crippen LogP) is -0.759. The van der Waals surface area contributed by atoms with Crippen molar-refractivity contribution in [1.29, 1.82) is 0 Å². The summed E-state index contributed by atoms with van der Waals surface area (Å²) >= 11 is 0. The summed E-state index contributed by atoms with van der Waals surface area (Å²) in [6, 6.07) is 0. The van der Waals surface area contributed by atoms with E-state index in [0.717, 1.165) is 0 Å². The molecule has 0 aromatic heterocycles. The van der Waals surface area contributed by atoms with Crippen LogP contribution < -0.4 is 0 Å². The maximum Gasteiger partial charge on any atom is 0.308 e. The van der Waals surface area contributed by atoms with Crippen LogP contribution in [0, 0.1) is 11.8 Å². The number of rotatable bonds is 2. The maximum atomic E-state index is 10.6. The third-order valence-corrected chi connectivity index (χ3v) is 2.18. The van der Waals surface area contributed by atoms with Gasteiger partial charge in [-0.05, 0) is 7.05 Å². The molecule has 0 spiro atoms. The first-order valence-electron chi connectivity index (χ1n) is 3.67. The molecule has 1 saturated heterocycles. The van der Waals surface area contributed by atoms with Gasteiger partial charge in [0.1, 0.15) is 0 Å². The summed E-state index contributed by atoms with van der Waals surface area (Å²) in [6.45, 7) is 1.22. The smallest absolute Gasteiger partial charge is 0.308 e. The molecule has 4 heteroatoms. The molecule has 2 atom stereocenters. The van der Waals surface area contributed by atoms with Gasteiger partial charge in [0.15, 0.2) is 0 Å². The van der Waals surface area contributed by atoms with Crippen LogP contribution in [0.5, 0.6) is 0 Å². The zero-order valence-electron chi connectivity index (χ0n) is 6.53. The fourth-order valence-corrected chi connectivity index (χ4v) is 1.55. The maximum absolute atomic E-state index is 10.6. The molecule has 1 aliphatic heterocycles. The van der Waals surface area contributed by atoms with Gasteiger partial charge in [-0.3, -0.25) is 4.79 Å². The molecule has 0 amide bonds. The lowest BCUT2D eigenvalue weighted by Crippen LogP contribution is -2.24. The van der Waals surface area contributed by atoms with E-state index in [1.54, 1.807) is 0 Å². The Morgan fingerprint density at radius 1 is 1.64 bits per heavy atom. The number of nitrogens with zero attached hydrogens (tertiary/aromatic N) is 1. The highest BCUT2D eigenvalue weighted by atomic mass is 16.4. The number of carbonyl (C=O) groups is 1. The van der Waals surface area contributed by atoms with E-state index in [-0.39, 0.29) is 18.4 Å². The van der Waals surface area contributed by atoms with Crippen LogP contribution in [0.3, 0.4) is 0 Å². The second kappa shape index (κ2) is 3.19. The van der Waals surface area contributed by atoms with Crippen molar-refractivity contribution in [2.24, 2.45) is 11.8 Å². The van der Waals surface area contributed by atoms with Crippen LogP contribution in [0.25, 0.3) is 0 Å². The Balaban J connectivity index is 2.57. The van der Waals surface area contributed by atoms with E-state index in [9.17, 15) is 4.79 Å². The van der Waals surface area contributed by atoms with Crippen molar-refractivity contribution < 1.29 is 15.0 Å². The number of aliphatic hydroxyl groups is 1. The molecule has 1 fully saturated rings. The zero-order chi connectivity index (χ0) is 8.43. The molecule has 0 aliphatic carbocycles. The van der Waals surface area contributed by atoms with Gasteiger partial charge in [-0.2, -0.15) is 0 Å². The van der Waals surface area contributed by atoms with Crippen molar-refractivity contribution in [1.82, 2.24) is 4.90 Å². The summed E-state index contributed by atoms with van der Waals surface area (Å²) in [5.41, 5.74) is 0. The van der Waals surface area contributed by atoms with Gasteiger partial charge in [0.05, 0.1) is 5.92 Å². The van der Waals surface area contributed by atoms with Crippen LogP contribution in [0.2, 0.25) is 0 Å². The van der Waals surface area contributed by atoms with Crippen LogP contribution in [0.1, 0.15) is 0 Å². The number of aliphatic hydroxyl groups excluding tert-OH is 1. The minimum absolute atomic E-state index is 0.0265. The van der Waals surface area contributed by atoms with Crippen molar-refractivity contribution in [3.8, 4) is 0 Å². The number of carboxylic acid groups (broad SMARTS) is 1. The summed E-state index contributed by atoms with van der Waals surface area (Å²) in [4.78, 5) is 12.5. The molecule has 0 saturated carbocycles. The Hall–Kier alpha value is -0.610. The molecule has 11 heavy (non-hydrogen) atoms. The molecule has 0 unspecified atom stereocenters. The Labute approximate surface area is 65.4 Å². The lowest BCUT2D eigenvalue weighted by atomic mass is 9.97. The van der Waals surface area contributed by atoms with E-state index in [0.29, 0.717) is 13.1 Å². The first-order valence-corrected chi connectivity index (χ1v) is 3.67. The van der Waals surface area contributed by atoms with Crippen LogP contribution in [0.4, 0.5) is 0 Å². The van der Waals surface area contributed by atoms with Gasteiger partial charge in [-0.15, -0.1) is 0 Å². The monoisotopic (exact) mass is 159 g/mol. The summed E-state index contributed by atoms with van der Waals surface area (Å²) in [6.07, 6.45) is 0. The second-order valence-corrected chi connectivity index (χ2v) is 3.11. The van der Waals surface area contributed by atoms with Gasteiger partial charge in [0.25, 0.3) is 0 Å². The van der Waals surface area contributed by atoms with Gasteiger partial charge in [-0.25, -0.2) is 0 Å². The summed E-state index contributed by atoms with van der Waals surface area (Å²) < 4.78 is 0. The van der Waals surface area contributed by atoms with E-state index in [1.165, 1.54) is 0 Å². The highest BCUT2D eigenvalue weighted by Gasteiger charge is 2.35. The van der Waals surface area contributed by atoms with E-state index in [2.05, 4.69) is 0 Å². The molecule has 2 N–H and O–H groups in total. The van der Waals surface area contributed by atoms with E-state index in [1.807, 2.05) is 11.9 Å². The highest BCUT2D eigenvalue weighted by Crippen LogP contribution is 2.21. The SMILES string of the molecule is CN1C[C@@H](CO)[C@H](C(=O)O)C1. The third kappa shape index (κ3) is 1.70. The molecule has 0 aromatic carbocycles. The zero-order valence-corrected chi connectivity index (χ0v) is 6.53. The van der Waals surface area contributed by atoms with Gasteiger partial charge < -0.3 is 15.1 Å². The molecule has 0 bridgehead atoms. The average molecular weight is 159 g/mol. The predicted molar refractivity (Wildman–Crippen MR) is 39.2 cm³/mol. The van der Waals surface area contributed by atoms with Gasteiger partial charge in [0, 0.05) is 25.6 Å². The van der Waals surface area contributed by atoms with Gasteiger partial charge in [-0.1, -0.05) is 0 Å². The largest absolute Gasteiger partial charge is 0.481 e. The first kappa shape index (κ1) is 8.49. The summed E-state index contributed by atoms with van der Waals surface area (Å²) in [5.74, 6) is -1.27. The van der Waals surface area contributed by atoms with E-state index in [4.69, 9.17) is 10.2 Å². The van der Waals surface area contributed by atoms with Crippen LogP contribution in [0.15, 0.2) is 0 Å². The average Bonchev–Trinajstić information content (AvgIpc) is 2.30. The van der Waals surface area contributed by atoms with Crippen molar-refractivity contribution in [2.75, 3.05) is 26.7 Å². The number of aliphatic carboxylic acids is 1. The molecular formula is C7H13NO3. The van der Waals surface area contributed by atoms with Crippen molar-refractivity contribution in [3.05, 3.63) is 0 Å². The van der Waals surface area contributed by atoms with Crippen LogP contribution >= 0.6 is 0 Å². The van der Waals surface area contributed by atoms with Crippen molar-refractivity contribution >= 4 is 5.97 Å². The normalized spacial score (nSPS) is 32.5. The quantitative estimate of drug-likeness (QED) is 0.556. The molecule has 1 rings (SSSR count). The minimum atomic E-state index is -0.798. The topological polar surface area (TPSA) is 60.8 Å². The number of hydrogen-bond donors (Lipinski definition) is 2. The second-order valence-electron chi connectivity index (χ2n) is 3.11. The third-order valence-electron chi connectivity index (χ3n) is 2.18. The number of hydrogen-bond acceptors (Lipinski definition) is 3. The Bertz CT molecular complexity index is 160. The Kier molecular flexibility index (Phi) is 2.46. The molecule has 0 radical (unpaired) electrons. The van der Waals surface area contributed by atoms with Crippen LogP contribution in [-0.2, 0) is 4.79 Å². The molecule has 1 heterocycles. The fraction of sp³-hybridized carbons (Fsp3) is 0.857.